The van der Waals surface area contributed by atoms with Crippen molar-refractivity contribution >= 4 is 17.6 Å². The molecule has 1 heterocycles. The van der Waals surface area contributed by atoms with Gasteiger partial charge in [0.05, 0.1) is 11.8 Å². The van der Waals surface area contributed by atoms with Gasteiger partial charge in [-0.3, -0.25) is 4.79 Å². The van der Waals surface area contributed by atoms with Crippen LogP contribution in [0.4, 0.5) is 5.69 Å². The largest absolute Gasteiger partial charge is 0.478 e. The van der Waals surface area contributed by atoms with E-state index in [0.717, 1.165) is 5.56 Å². The molecule has 0 saturated carbocycles. The number of aryl methyl sites for hydroxylation is 1. The van der Waals surface area contributed by atoms with Crippen LogP contribution in [0.5, 0.6) is 0 Å². The van der Waals surface area contributed by atoms with E-state index in [9.17, 15) is 9.59 Å². The second-order valence-electron chi connectivity index (χ2n) is 4.20. The van der Waals surface area contributed by atoms with E-state index in [1.165, 1.54) is 18.4 Å². The fraction of sp³-hybridized carbons (Fsp3) is 0.143. The molecule has 2 aromatic rings. The molecule has 0 unspecified atom stereocenters. The van der Waals surface area contributed by atoms with Gasteiger partial charge in [0.25, 0.3) is 5.91 Å². The van der Waals surface area contributed by atoms with E-state index in [-0.39, 0.29) is 11.3 Å². The first-order valence-electron chi connectivity index (χ1n) is 5.68. The summed E-state index contributed by atoms with van der Waals surface area (Å²) in [4.78, 5) is 22.9. The zero-order valence-electron chi connectivity index (χ0n) is 10.6. The fourth-order valence-electron chi connectivity index (χ4n) is 1.75. The number of benzene rings is 1. The van der Waals surface area contributed by atoms with Gasteiger partial charge in [-0.2, -0.15) is 0 Å². The molecule has 5 nitrogen and oxygen atoms in total. The van der Waals surface area contributed by atoms with Gasteiger partial charge in [-0.15, -0.1) is 0 Å². The lowest BCUT2D eigenvalue weighted by molar-refractivity contribution is 0.0695. The SMILES string of the molecule is Cc1cc(NC(=O)c2ccco2)cc(C(=O)O)c1C. The highest BCUT2D eigenvalue weighted by molar-refractivity contribution is 6.03. The lowest BCUT2D eigenvalue weighted by Gasteiger charge is -2.09. The highest BCUT2D eigenvalue weighted by atomic mass is 16.4. The minimum Gasteiger partial charge on any atom is -0.478 e. The van der Waals surface area contributed by atoms with E-state index in [1.807, 2.05) is 0 Å². The third kappa shape index (κ3) is 2.65. The van der Waals surface area contributed by atoms with E-state index < -0.39 is 11.9 Å². The number of rotatable bonds is 3. The molecule has 0 atom stereocenters. The van der Waals surface area contributed by atoms with Crippen LogP contribution in [0.3, 0.4) is 0 Å². The van der Waals surface area contributed by atoms with Crippen molar-refractivity contribution in [1.82, 2.24) is 0 Å². The maximum atomic E-state index is 11.8. The van der Waals surface area contributed by atoms with Crippen molar-refractivity contribution in [2.75, 3.05) is 5.32 Å². The van der Waals surface area contributed by atoms with Crippen LogP contribution in [-0.4, -0.2) is 17.0 Å². The topological polar surface area (TPSA) is 79.5 Å². The standard InChI is InChI=1S/C14H13NO4/c1-8-6-10(7-11(9(8)2)14(17)18)15-13(16)12-4-3-5-19-12/h3-7H,1-2H3,(H,15,16)(H,17,18). The molecule has 0 saturated heterocycles. The predicted molar refractivity (Wildman–Crippen MR) is 69.5 cm³/mol. The number of hydrogen-bond donors (Lipinski definition) is 2. The average molecular weight is 259 g/mol. The number of carboxylic acid groups (broad SMARTS) is 1. The van der Waals surface area contributed by atoms with Crippen molar-refractivity contribution in [3.8, 4) is 0 Å². The number of carbonyl (C=O) groups is 2. The van der Waals surface area contributed by atoms with E-state index in [1.54, 1.807) is 26.0 Å². The van der Waals surface area contributed by atoms with Crippen LogP contribution in [0.2, 0.25) is 0 Å². The number of carbonyl (C=O) groups excluding carboxylic acids is 1. The number of anilines is 1. The molecule has 0 aliphatic carbocycles. The van der Waals surface area contributed by atoms with E-state index in [4.69, 9.17) is 9.52 Å². The van der Waals surface area contributed by atoms with Crippen LogP contribution in [0.15, 0.2) is 34.9 Å². The fourth-order valence-corrected chi connectivity index (χ4v) is 1.75. The van der Waals surface area contributed by atoms with Crippen molar-refractivity contribution < 1.29 is 19.1 Å². The van der Waals surface area contributed by atoms with Gasteiger partial charge >= 0.3 is 5.97 Å². The van der Waals surface area contributed by atoms with E-state index in [2.05, 4.69) is 5.32 Å². The molecule has 2 N–H and O–H groups in total. The summed E-state index contributed by atoms with van der Waals surface area (Å²) in [5.41, 5.74) is 2.09. The maximum Gasteiger partial charge on any atom is 0.336 e. The average Bonchev–Trinajstić information content (AvgIpc) is 2.86. The van der Waals surface area contributed by atoms with Crippen molar-refractivity contribution in [1.29, 1.82) is 0 Å². The third-order valence-electron chi connectivity index (χ3n) is 2.90. The smallest absolute Gasteiger partial charge is 0.336 e. The first-order chi connectivity index (χ1) is 8.99. The molecule has 1 amide bonds. The molecule has 0 aliphatic heterocycles. The zero-order chi connectivity index (χ0) is 14.0. The highest BCUT2D eigenvalue weighted by Gasteiger charge is 2.14. The highest BCUT2D eigenvalue weighted by Crippen LogP contribution is 2.20. The Balaban J connectivity index is 2.31. The molecule has 0 aliphatic rings. The second kappa shape index (κ2) is 4.97. The summed E-state index contributed by atoms with van der Waals surface area (Å²) < 4.78 is 4.97. The molecule has 98 valence electrons. The van der Waals surface area contributed by atoms with Gasteiger partial charge in [-0.25, -0.2) is 4.79 Å². The van der Waals surface area contributed by atoms with Crippen molar-refractivity contribution in [2.45, 2.75) is 13.8 Å². The summed E-state index contributed by atoms with van der Waals surface area (Å²) >= 11 is 0. The Hall–Kier alpha value is -2.56. The Morgan fingerprint density at radius 2 is 2.00 bits per heavy atom. The molecule has 0 spiro atoms. The number of hydrogen-bond acceptors (Lipinski definition) is 3. The normalized spacial score (nSPS) is 10.2. The summed E-state index contributed by atoms with van der Waals surface area (Å²) in [5.74, 6) is -1.26. The molecular weight excluding hydrogens is 246 g/mol. The van der Waals surface area contributed by atoms with Gasteiger partial charge in [0, 0.05) is 5.69 Å². The van der Waals surface area contributed by atoms with Gasteiger partial charge in [-0.1, -0.05) is 0 Å². The van der Waals surface area contributed by atoms with Crippen molar-refractivity contribution in [3.63, 3.8) is 0 Å². The molecule has 1 aromatic heterocycles. The molecule has 19 heavy (non-hydrogen) atoms. The summed E-state index contributed by atoms with van der Waals surface area (Å²) in [6.45, 7) is 3.53. The van der Waals surface area contributed by atoms with Crippen LogP contribution >= 0.6 is 0 Å². The van der Waals surface area contributed by atoms with Crippen LogP contribution in [0.25, 0.3) is 0 Å². The Kier molecular flexibility index (Phi) is 3.37. The summed E-state index contributed by atoms with van der Waals surface area (Å²) in [6.07, 6.45) is 1.40. The minimum atomic E-state index is -1.02. The maximum absolute atomic E-state index is 11.8. The summed E-state index contributed by atoms with van der Waals surface area (Å²) in [6, 6.07) is 6.31. The molecule has 2 rings (SSSR count). The van der Waals surface area contributed by atoms with Crippen LogP contribution < -0.4 is 5.32 Å². The second-order valence-corrected chi connectivity index (χ2v) is 4.20. The molecule has 0 radical (unpaired) electrons. The number of amides is 1. The van der Waals surface area contributed by atoms with Crippen molar-refractivity contribution in [3.05, 3.63) is 53.0 Å². The molecule has 0 fully saturated rings. The quantitative estimate of drug-likeness (QED) is 0.888. The summed E-state index contributed by atoms with van der Waals surface area (Å²) in [5, 5.41) is 11.7. The predicted octanol–water partition coefficient (Wildman–Crippen LogP) is 2.85. The third-order valence-corrected chi connectivity index (χ3v) is 2.90. The minimum absolute atomic E-state index is 0.176. The van der Waals surface area contributed by atoms with Crippen LogP contribution in [0.1, 0.15) is 32.0 Å². The van der Waals surface area contributed by atoms with Gasteiger partial charge in [0.2, 0.25) is 0 Å². The van der Waals surface area contributed by atoms with E-state index in [0.29, 0.717) is 11.3 Å². The number of nitrogens with one attached hydrogen (secondary N) is 1. The van der Waals surface area contributed by atoms with Crippen LogP contribution in [0, 0.1) is 13.8 Å². The van der Waals surface area contributed by atoms with Gasteiger partial charge in [0.15, 0.2) is 5.76 Å². The van der Waals surface area contributed by atoms with Crippen LogP contribution in [-0.2, 0) is 0 Å². The molecular formula is C14H13NO4. The number of carboxylic acids is 1. The monoisotopic (exact) mass is 259 g/mol. The number of aromatic carboxylic acids is 1. The Labute approximate surface area is 109 Å². The summed E-state index contributed by atoms with van der Waals surface area (Å²) in [7, 11) is 0. The molecule has 5 heteroatoms. The molecule has 0 bridgehead atoms. The first-order valence-corrected chi connectivity index (χ1v) is 5.68. The Bertz CT molecular complexity index is 629. The van der Waals surface area contributed by atoms with Gasteiger partial charge < -0.3 is 14.8 Å². The lowest BCUT2D eigenvalue weighted by Crippen LogP contribution is -2.12. The van der Waals surface area contributed by atoms with E-state index >= 15 is 0 Å². The Morgan fingerprint density at radius 3 is 2.58 bits per heavy atom. The zero-order valence-corrected chi connectivity index (χ0v) is 10.6. The Morgan fingerprint density at radius 1 is 1.26 bits per heavy atom. The molecule has 1 aromatic carbocycles. The number of furan rings is 1. The first kappa shape index (κ1) is 12.9. The van der Waals surface area contributed by atoms with Crippen molar-refractivity contribution in [2.24, 2.45) is 0 Å². The lowest BCUT2D eigenvalue weighted by atomic mass is 10.0. The van der Waals surface area contributed by atoms with Gasteiger partial charge in [-0.05, 0) is 49.2 Å². The van der Waals surface area contributed by atoms with Gasteiger partial charge in [0.1, 0.15) is 0 Å².